The second-order valence-electron chi connectivity index (χ2n) is 9.25. The summed E-state index contributed by atoms with van der Waals surface area (Å²) in [7, 11) is -3.22. The quantitative estimate of drug-likeness (QED) is 0.255. The van der Waals surface area contributed by atoms with Gasteiger partial charge in [-0.15, -0.1) is 0 Å². The monoisotopic (exact) mass is 538 g/mol. The van der Waals surface area contributed by atoms with Crippen molar-refractivity contribution in [3.63, 3.8) is 0 Å². The van der Waals surface area contributed by atoms with Crippen LogP contribution in [0.2, 0.25) is 5.02 Å². The van der Waals surface area contributed by atoms with Crippen molar-refractivity contribution in [1.82, 2.24) is 14.7 Å². The zero-order valence-electron chi connectivity index (χ0n) is 20.2. The molecule has 0 unspecified atom stereocenters. The first-order chi connectivity index (χ1) is 17.8. The third-order valence-electron chi connectivity index (χ3n) is 6.45. The Bertz CT molecular complexity index is 1530. The van der Waals surface area contributed by atoms with E-state index in [4.69, 9.17) is 16.3 Å². The minimum Gasteiger partial charge on any atom is -0.457 e. The van der Waals surface area contributed by atoms with Gasteiger partial charge < -0.3 is 15.0 Å². The molecule has 2 heterocycles. The SMILES string of the molecule is CS(=O)(=O)N[C@H]1CC[C@@H](Nc2ccnc3[nH]cc(C(=O)c4ccc(Oc5ccccc5)cc4Cl)c23)CC1. The van der Waals surface area contributed by atoms with E-state index in [1.165, 1.54) is 6.26 Å². The molecule has 3 N–H and O–H groups in total. The average molecular weight is 539 g/mol. The van der Waals surface area contributed by atoms with Crippen LogP contribution in [-0.2, 0) is 10.0 Å². The number of aromatic nitrogens is 2. The van der Waals surface area contributed by atoms with E-state index in [2.05, 4.69) is 20.0 Å². The average Bonchev–Trinajstić information content (AvgIpc) is 3.30. The van der Waals surface area contributed by atoms with Crippen molar-refractivity contribution in [1.29, 1.82) is 0 Å². The number of carbonyl (C=O) groups excluding carboxylic acids is 1. The summed E-state index contributed by atoms with van der Waals surface area (Å²) in [5.74, 6) is 0.994. The van der Waals surface area contributed by atoms with Crippen LogP contribution < -0.4 is 14.8 Å². The molecule has 8 nitrogen and oxygen atoms in total. The van der Waals surface area contributed by atoms with Crippen LogP contribution in [0.25, 0.3) is 11.0 Å². The Balaban J connectivity index is 1.35. The van der Waals surface area contributed by atoms with Crippen LogP contribution in [0.4, 0.5) is 5.69 Å². The number of aromatic amines is 1. The lowest BCUT2D eigenvalue weighted by molar-refractivity contribution is 0.104. The molecule has 0 aliphatic heterocycles. The number of halogens is 1. The van der Waals surface area contributed by atoms with Crippen molar-refractivity contribution < 1.29 is 17.9 Å². The number of sulfonamides is 1. The van der Waals surface area contributed by atoms with E-state index in [1.54, 1.807) is 30.6 Å². The highest BCUT2D eigenvalue weighted by Gasteiger charge is 2.25. The molecule has 1 aliphatic rings. The molecule has 0 spiro atoms. The molecule has 0 amide bonds. The van der Waals surface area contributed by atoms with Crippen molar-refractivity contribution in [2.45, 2.75) is 37.8 Å². The Morgan fingerprint density at radius 2 is 1.73 bits per heavy atom. The molecule has 4 aromatic rings. The summed E-state index contributed by atoms with van der Waals surface area (Å²) in [5.41, 5.74) is 2.23. The Labute approximate surface area is 220 Å². The van der Waals surface area contributed by atoms with E-state index < -0.39 is 10.0 Å². The van der Waals surface area contributed by atoms with Gasteiger partial charge in [-0.05, 0) is 56.0 Å². The Morgan fingerprint density at radius 1 is 1.00 bits per heavy atom. The fourth-order valence-corrected chi connectivity index (χ4v) is 5.84. The normalized spacial score (nSPS) is 18.0. The van der Waals surface area contributed by atoms with E-state index in [1.807, 2.05) is 36.4 Å². The summed E-state index contributed by atoms with van der Waals surface area (Å²) in [6.07, 6.45) is 7.62. The third-order valence-corrected chi connectivity index (χ3v) is 7.52. The number of fused-ring (bicyclic) bond motifs is 1. The predicted octanol–water partition coefficient (Wildman–Crippen LogP) is 5.51. The number of nitrogens with zero attached hydrogens (tertiary/aromatic N) is 1. The van der Waals surface area contributed by atoms with Gasteiger partial charge in [-0.2, -0.15) is 0 Å². The van der Waals surface area contributed by atoms with Crippen molar-refractivity contribution >= 4 is 44.1 Å². The van der Waals surface area contributed by atoms with Crippen molar-refractivity contribution in [3.8, 4) is 11.5 Å². The lowest BCUT2D eigenvalue weighted by Crippen LogP contribution is -2.39. The van der Waals surface area contributed by atoms with Crippen molar-refractivity contribution in [2.24, 2.45) is 0 Å². The Morgan fingerprint density at radius 3 is 2.43 bits per heavy atom. The standard InChI is InChI=1S/C27H27ClN4O4S/c1-37(34,35)32-18-9-7-17(8-10-18)31-24-13-14-29-27-25(24)22(16-30-27)26(33)21-12-11-20(15-23(21)28)36-19-5-3-2-4-6-19/h2-6,11-18,32H,7-10H2,1H3,(H2,29,30,31)/t17-,18+. The van der Waals surface area contributed by atoms with Gasteiger partial charge in [0.05, 0.1) is 22.2 Å². The number of pyridine rings is 1. The Hall–Kier alpha value is -3.40. The summed E-state index contributed by atoms with van der Waals surface area (Å²) in [6, 6.07) is 16.3. The maximum absolute atomic E-state index is 13.6. The lowest BCUT2D eigenvalue weighted by atomic mass is 9.91. The van der Waals surface area contributed by atoms with Crippen LogP contribution in [0.1, 0.15) is 41.6 Å². The van der Waals surface area contributed by atoms with Gasteiger partial charge in [-0.25, -0.2) is 18.1 Å². The number of ether oxygens (including phenoxy) is 1. The van der Waals surface area contributed by atoms with Crippen LogP contribution in [-0.4, -0.2) is 42.5 Å². The van der Waals surface area contributed by atoms with Gasteiger partial charge in [0, 0.05) is 41.8 Å². The van der Waals surface area contributed by atoms with E-state index >= 15 is 0 Å². The predicted molar refractivity (Wildman–Crippen MR) is 145 cm³/mol. The molecule has 192 valence electrons. The zero-order valence-corrected chi connectivity index (χ0v) is 21.8. The number of anilines is 1. The number of para-hydroxylation sites is 1. The second-order valence-corrected chi connectivity index (χ2v) is 11.4. The number of nitrogens with one attached hydrogen (secondary N) is 3. The number of hydrogen-bond donors (Lipinski definition) is 3. The van der Waals surface area contributed by atoms with Gasteiger partial charge in [-0.1, -0.05) is 29.8 Å². The number of carbonyl (C=O) groups is 1. The van der Waals surface area contributed by atoms with Gasteiger partial charge >= 0.3 is 0 Å². The molecule has 1 saturated carbocycles. The number of hydrogen-bond acceptors (Lipinski definition) is 6. The van der Waals surface area contributed by atoms with E-state index in [0.29, 0.717) is 38.7 Å². The van der Waals surface area contributed by atoms with Gasteiger partial charge in [0.2, 0.25) is 10.0 Å². The first-order valence-electron chi connectivity index (χ1n) is 12.0. The van der Waals surface area contributed by atoms with Crippen LogP contribution >= 0.6 is 11.6 Å². The molecule has 0 bridgehead atoms. The highest BCUT2D eigenvalue weighted by atomic mass is 35.5. The molecule has 0 radical (unpaired) electrons. The second kappa shape index (κ2) is 10.5. The van der Waals surface area contributed by atoms with Crippen LogP contribution in [0, 0.1) is 0 Å². The molecule has 0 atom stereocenters. The number of benzene rings is 2. The first-order valence-corrected chi connectivity index (χ1v) is 14.3. The number of rotatable bonds is 8. The fourth-order valence-electron chi connectivity index (χ4n) is 4.75. The molecule has 37 heavy (non-hydrogen) atoms. The minimum absolute atomic E-state index is 0.0501. The summed E-state index contributed by atoms with van der Waals surface area (Å²) >= 11 is 6.52. The molecule has 2 aromatic heterocycles. The van der Waals surface area contributed by atoms with E-state index in [9.17, 15) is 13.2 Å². The lowest BCUT2D eigenvalue weighted by Gasteiger charge is -2.30. The molecule has 10 heteroatoms. The molecule has 2 aromatic carbocycles. The van der Waals surface area contributed by atoms with Gasteiger partial charge in [0.25, 0.3) is 0 Å². The topological polar surface area (TPSA) is 113 Å². The third kappa shape index (κ3) is 5.95. The van der Waals surface area contributed by atoms with Gasteiger partial charge in [0.1, 0.15) is 17.1 Å². The minimum atomic E-state index is -3.22. The summed E-state index contributed by atoms with van der Waals surface area (Å²) in [4.78, 5) is 21.1. The van der Waals surface area contributed by atoms with Crippen molar-refractivity contribution in [3.05, 3.63) is 83.1 Å². The molecular formula is C27H27ClN4O4S. The smallest absolute Gasteiger partial charge is 0.208 e. The largest absolute Gasteiger partial charge is 0.457 e. The zero-order chi connectivity index (χ0) is 26.0. The fraction of sp³-hybridized carbons (Fsp3) is 0.259. The Kier molecular flexibility index (Phi) is 7.19. The van der Waals surface area contributed by atoms with Gasteiger partial charge in [0.15, 0.2) is 5.78 Å². The molecule has 1 fully saturated rings. The maximum Gasteiger partial charge on any atom is 0.208 e. The summed E-state index contributed by atoms with van der Waals surface area (Å²) in [6.45, 7) is 0. The molecular weight excluding hydrogens is 512 g/mol. The number of H-pyrrole nitrogens is 1. The highest BCUT2D eigenvalue weighted by Crippen LogP contribution is 2.33. The van der Waals surface area contributed by atoms with Crippen LogP contribution in [0.5, 0.6) is 11.5 Å². The molecule has 1 aliphatic carbocycles. The maximum atomic E-state index is 13.6. The van der Waals surface area contributed by atoms with Crippen molar-refractivity contribution in [2.75, 3.05) is 11.6 Å². The first kappa shape index (κ1) is 25.3. The van der Waals surface area contributed by atoms with Gasteiger partial charge in [-0.3, -0.25) is 4.79 Å². The number of ketones is 1. The molecule has 0 saturated heterocycles. The van der Waals surface area contributed by atoms with E-state index in [-0.39, 0.29) is 17.9 Å². The van der Waals surface area contributed by atoms with Crippen LogP contribution in [0.15, 0.2) is 67.0 Å². The molecule has 5 rings (SSSR count). The summed E-state index contributed by atoms with van der Waals surface area (Å²) < 4.78 is 31.6. The van der Waals surface area contributed by atoms with Crippen LogP contribution in [0.3, 0.4) is 0 Å². The highest BCUT2D eigenvalue weighted by molar-refractivity contribution is 7.88. The summed E-state index contributed by atoms with van der Waals surface area (Å²) in [5, 5.41) is 4.54. The van der Waals surface area contributed by atoms with E-state index in [0.717, 1.165) is 31.4 Å².